The second-order valence-corrected chi connectivity index (χ2v) is 9.61. The number of fused-ring (bicyclic) bond motifs is 1. The number of rotatable bonds is 28. The lowest BCUT2D eigenvalue weighted by atomic mass is 10.1. The Morgan fingerprint density at radius 1 is 0.537 bits per heavy atom. The minimum atomic E-state index is -0.180. The predicted molar refractivity (Wildman–Crippen MR) is 155 cm³/mol. The van der Waals surface area contributed by atoms with Gasteiger partial charge in [-0.3, -0.25) is 19.4 Å². The van der Waals surface area contributed by atoms with Crippen molar-refractivity contribution in [3.05, 3.63) is 35.4 Å². The van der Waals surface area contributed by atoms with Gasteiger partial charge >= 0.3 is 0 Å². The van der Waals surface area contributed by atoms with Gasteiger partial charge in [-0.2, -0.15) is 0 Å². The smallest absolute Gasteiger partial charge is 0.261 e. The topological polar surface area (TPSA) is 105 Å². The molecule has 0 bridgehead atoms. The number of carbonyl (C=O) groups is 2. The van der Waals surface area contributed by atoms with E-state index in [1.807, 2.05) is 0 Å². The van der Waals surface area contributed by atoms with Crippen LogP contribution < -0.4 is 0 Å². The molecule has 2 rings (SSSR count). The van der Waals surface area contributed by atoms with Gasteiger partial charge < -0.3 is 33.2 Å². The van der Waals surface area contributed by atoms with Crippen molar-refractivity contribution in [1.82, 2.24) is 9.80 Å². The maximum atomic E-state index is 12.4. The molecular formula is C30H50N2O9. The molecule has 11 nitrogen and oxygen atoms in total. The van der Waals surface area contributed by atoms with Crippen LogP contribution in [0.3, 0.4) is 0 Å². The predicted octanol–water partition coefficient (Wildman–Crippen LogP) is 2.52. The molecule has 1 heterocycles. The summed E-state index contributed by atoms with van der Waals surface area (Å²) in [6.07, 6.45) is 3.68. The first-order valence-corrected chi connectivity index (χ1v) is 14.7. The normalized spacial score (nSPS) is 13.1. The van der Waals surface area contributed by atoms with Crippen LogP contribution in [0.4, 0.5) is 0 Å². The number of hydrogen-bond acceptors (Lipinski definition) is 10. The van der Waals surface area contributed by atoms with Crippen LogP contribution in [0, 0.1) is 0 Å². The molecule has 0 saturated carbocycles. The van der Waals surface area contributed by atoms with E-state index in [4.69, 9.17) is 33.2 Å². The molecule has 0 saturated heterocycles. The third-order valence-electron chi connectivity index (χ3n) is 6.56. The van der Waals surface area contributed by atoms with Crippen molar-refractivity contribution < 1.29 is 42.7 Å². The van der Waals surface area contributed by atoms with Gasteiger partial charge in [0.2, 0.25) is 0 Å². The van der Waals surface area contributed by atoms with E-state index in [0.29, 0.717) is 97.0 Å². The van der Waals surface area contributed by atoms with Crippen LogP contribution in [0.5, 0.6) is 0 Å². The number of nitrogens with zero attached hydrogens (tertiary/aromatic N) is 2. The van der Waals surface area contributed by atoms with Crippen LogP contribution >= 0.6 is 0 Å². The fourth-order valence-electron chi connectivity index (χ4n) is 4.22. The van der Waals surface area contributed by atoms with E-state index in [1.165, 1.54) is 4.90 Å². The first-order chi connectivity index (χ1) is 20.2. The molecule has 1 aromatic rings. The summed E-state index contributed by atoms with van der Waals surface area (Å²) >= 11 is 0. The SMILES string of the molecule is COCCOCCOCCN(CCOCCCCCCN1C(=O)c2ccccc2C1=O)CCOCCOCCOC. The van der Waals surface area contributed by atoms with Crippen molar-refractivity contribution in [2.24, 2.45) is 0 Å². The zero-order valence-corrected chi connectivity index (χ0v) is 25.0. The zero-order chi connectivity index (χ0) is 29.4. The second-order valence-electron chi connectivity index (χ2n) is 9.61. The van der Waals surface area contributed by atoms with Crippen molar-refractivity contribution in [3.63, 3.8) is 0 Å². The van der Waals surface area contributed by atoms with Gasteiger partial charge in [0, 0.05) is 47.0 Å². The highest BCUT2D eigenvalue weighted by atomic mass is 16.5. The van der Waals surface area contributed by atoms with E-state index in [1.54, 1.807) is 38.5 Å². The van der Waals surface area contributed by atoms with Crippen molar-refractivity contribution in [2.75, 3.05) is 120 Å². The van der Waals surface area contributed by atoms with Crippen molar-refractivity contribution >= 4 is 11.8 Å². The third-order valence-corrected chi connectivity index (χ3v) is 6.56. The molecule has 0 unspecified atom stereocenters. The summed E-state index contributed by atoms with van der Waals surface area (Å²) in [6, 6.07) is 7.02. The Morgan fingerprint density at radius 2 is 0.951 bits per heavy atom. The van der Waals surface area contributed by atoms with E-state index < -0.39 is 0 Å². The Balaban J connectivity index is 1.52. The highest BCUT2D eigenvalue weighted by molar-refractivity contribution is 6.21. The minimum Gasteiger partial charge on any atom is -0.382 e. The van der Waals surface area contributed by atoms with Gasteiger partial charge in [-0.05, 0) is 25.0 Å². The standard InChI is InChI=1S/C30H50N2O9/c1-35-19-21-40-25-23-38-17-13-31(14-18-39-24-26-41-22-20-36-2)12-16-37-15-8-4-3-7-11-32-29(33)27-9-5-6-10-28(27)30(32)34/h5-6,9-10H,3-4,7-8,11-26H2,1-2H3. The van der Waals surface area contributed by atoms with E-state index >= 15 is 0 Å². The van der Waals surface area contributed by atoms with Crippen LogP contribution in [0.25, 0.3) is 0 Å². The Kier molecular flexibility index (Phi) is 20.3. The van der Waals surface area contributed by atoms with Gasteiger partial charge in [0.15, 0.2) is 0 Å². The Bertz CT molecular complexity index is 772. The fourth-order valence-corrected chi connectivity index (χ4v) is 4.22. The largest absolute Gasteiger partial charge is 0.382 e. The second kappa shape index (κ2) is 23.6. The molecule has 0 spiro atoms. The summed E-state index contributed by atoms with van der Waals surface area (Å²) in [5.74, 6) is -0.361. The average Bonchev–Trinajstić information content (AvgIpc) is 3.23. The van der Waals surface area contributed by atoms with Crippen LogP contribution in [0.15, 0.2) is 24.3 Å². The van der Waals surface area contributed by atoms with Gasteiger partial charge in [0.05, 0.1) is 83.8 Å². The highest BCUT2D eigenvalue weighted by Gasteiger charge is 2.34. The lowest BCUT2D eigenvalue weighted by Gasteiger charge is -2.22. The van der Waals surface area contributed by atoms with E-state index in [9.17, 15) is 9.59 Å². The summed E-state index contributed by atoms with van der Waals surface area (Å²) in [6.45, 7) is 9.89. The minimum absolute atomic E-state index is 0.180. The maximum Gasteiger partial charge on any atom is 0.261 e. The maximum absolute atomic E-state index is 12.4. The van der Waals surface area contributed by atoms with Gasteiger partial charge in [-0.1, -0.05) is 25.0 Å². The van der Waals surface area contributed by atoms with E-state index in [-0.39, 0.29) is 11.8 Å². The molecule has 0 aliphatic carbocycles. The summed E-state index contributed by atoms with van der Waals surface area (Å²) in [5.41, 5.74) is 1.02. The molecular weight excluding hydrogens is 532 g/mol. The molecule has 1 aliphatic rings. The zero-order valence-electron chi connectivity index (χ0n) is 25.0. The van der Waals surface area contributed by atoms with E-state index in [2.05, 4.69) is 4.90 Å². The molecule has 2 amide bonds. The van der Waals surface area contributed by atoms with E-state index in [0.717, 1.165) is 45.3 Å². The number of methoxy groups -OCH3 is 2. The van der Waals surface area contributed by atoms with Gasteiger partial charge in [0.25, 0.3) is 11.8 Å². The molecule has 0 N–H and O–H groups in total. The van der Waals surface area contributed by atoms with Gasteiger partial charge in [0.1, 0.15) is 0 Å². The summed E-state index contributed by atoms with van der Waals surface area (Å²) < 4.78 is 38.1. The lowest BCUT2D eigenvalue weighted by Crippen LogP contribution is -2.34. The van der Waals surface area contributed by atoms with Crippen LogP contribution in [0.1, 0.15) is 46.4 Å². The van der Waals surface area contributed by atoms with Gasteiger partial charge in [-0.15, -0.1) is 0 Å². The van der Waals surface area contributed by atoms with Crippen LogP contribution in [-0.2, 0) is 33.2 Å². The number of hydrogen-bond donors (Lipinski definition) is 0. The first-order valence-electron chi connectivity index (χ1n) is 14.7. The van der Waals surface area contributed by atoms with Crippen molar-refractivity contribution in [1.29, 1.82) is 0 Å². The van der Waals surface area contributed by atoms with Crippen molar-refractivity contribution in [3.8, 4) is 0 Å². The molecule has 11 heteroatoms. The Labute approximate surface area is 245 Å². The summed E-state index contributed by atoms with van der Waals surface area (Å²) in [4.78, 5) is 28.5. The number of amides is 2. The van der Waals surface area contributed by atoms with Crippen molar-refractivity contribution in [2.45, 2.75) is 25.7 Å². The molecule has 1 aromatic carbocycles. The molecule has 234 valence electrons. The molecule has 41 heavy (non-hydrogen) atoms. The fraction of sp³-hybridized carbons (Fsp3) is 0.733. The number of benzene rings is 1. The van der Waals surface area contributed by atoms with Crippen LogP contribution in [-0.4, -0.2) is 141 Å². The first kappa shape index (κ1) is 35.2. The number of carbonyl (C=O) groups excluding carboxylic acids is 2. The quantitative estimate of drug-likeness (QED) is 0.108. The molecule has 0 atom stereocenters. The highest BCUT2D eigenvalue weighted by Crippen LogP contribution is 2.22. The molecule has 1 aliphatic heterocycles. The van der Waals surface area contributed by atoms with Gasteiger partial charge in [-0.25, -0.2) is 0 Å². The Morgan fingerprint density at radius 3 is 1.44 bits per heavy atom. The average molecular weight is 583 g/mol. The Hall–Kier alpha value is -1.96. The lowest BCUT2D eigenvalue weighted by molar-refractivity contribution is 0.00533. The number of ether oxygens (including phenoxy) is 7. The number of unbranched alkanes of at least 4 members (excludes halogenated alkanes) is 3. The van der Waals surface area contributed by atoms with Crippen LogP contribution in [0.2, 0.25) is 0 Å². The summed E-state index contributed by atoms with van der Waals surface area (Å²) in [7, 11) is 3.31. The summed E-state index contributed by atoms with van der Waals surface area (Å²) in [5, 5.41) is 0. The molecule has 0 radical (unpaired) electrons. The molecule has 0 fully saturated rings. The third kappa shape index (κ3) is 15.2. The number of imide groups is 1. The molecule has 0 aromatic heterocycles. The monoisotopic (exact) mass is 582 g/mol.